The normalized spacial score (nSPS) is 18.7. The van der Waals surface area contributed by atoms with Gasteiger partial charge in [0.25, 0.3) is 0 Å². The lowest BCUT2D eigenvalue weighted by Gasteiger charge is -2.31. The van der Waals surface area contributed by atoms with Crippen LogP contribution in [0.2, 0.25) is 0 Å². The molecule has 1 aromatic heterocycles. The van der Waals surface area contributed by atoms with E-state index in [-0.39, 0.29) is 0 Å². The number of nitrogens with two attached hydrogens (primary N) is 1. The zero-order valence-electron chi connectivity index (χ0n) is 10.5. The first kappa shape index (κ1) is 12.6. The van der Waals surface area contributed by atoms with Crippen molar-refractivity contribution in [3.8, 4) is 0 Å². The van der Waals surface area contributed by atoms with E-state index in [0.29, 0.717) is 6.54 Å². The molecule has 1 aliphatic rings. The standard InChI is InChI=1S/C13H22N2O2/c1-16-10-11-2-5-15(6-3-11)9-12-4-7-17-13(12)8-14/h4,7,11H,2-3,5-6,8-10,14H2,1H3. The number of hydrogen-bond donors (Lipinski definition) is 1. The summed E-state index contributed by atoms with van der Waals surface area (Å²) < 4.78 is 10.6. The summed E-state index contributed by atoms with van der Waals surface area (Å²) in [6.07, 6.45) is 4.18. The number of rotatable bonds is 5. The van der Waals surface area contributed by atoms with Gasteiger partial charge < -0.3 is 14.9 Å². The summed E-state index contributed by atoms with van der Waals surface area (Å²) in [5, 5.41) is 0. The lowest BCUT2D eigenvalue weighted by molar-refractivity contribution is 0.0966. The minimum Gasteiger partial charge on any atom is -0.468 e. The van der Waals surface area contributed by atoms with E-state index < -0.39 is 0 Å². The largest absolute Gasteiger partial charge is 0.468 e. The van der Waals surface area contributed by atoms with E-state index in [1.807, 2.05) is 6.07 Å². The number of ether oxygens (including phenoxy) is 1. The lowest BCUT2D eigenvalue weighted by atomic mass is 9.97. The predicted octanol–water partition coefficient (Wildman–Crippen LogP) is 1.60. The molecule has 0 aliphatic carbocycles. The maximum atomic E-state index is 5.63. The summed E-state index contributed by atoms with van der Waals surface area (Å²) >= 11 is 0. The predicted molar refractivity (Wildman–Crippen MR) is 66.5 cm³/mol. The van der Waals surface area contributed by atoms with Gasteiger partial charge in [-0.05, 0) is 37.9 Å². The Bertz CT molecular complexity index is 330. The van der Waals surface area contributed by atoms with Gasteiger partial charge in [0.1, 0.15) is 5.76 Å². The number of nitrogens with zero attached hydrogens (tertiary/aromatic N) is 1. The number of furan rings is 1. The molecule has 17 heavy (non-hydrogen) atoms. The average molecular weight is 238 g/mol. The minimum atomic E-state index is 0.489. The highest BCUT2D eigenvalue weighted by Gasteiger charge is 2.20. The van der Waals surface area contributed by atoms with Gasteiger partial charge in [-0.3, -0.25) is 4.90 Å². The highest BCUT2D eigenvalue weighted by molar-refractivity contribution is 5.16. The fourth-order valence-corrected chi connectivity index (χ4v) is 2.47. The highest BCUT2D eigenvalue weighted by Crippen LogP contribution is 2.20. The molecule has 2 N–H and O–H groups in total. The molecule has 0 amide bonds. The third-order valence-electron chi connectivity index (χ3n) is 3.53. The van der Waals surface area contributed by atoms with E-state index in [9.17, 15) is 0 Å². The number of hydrogen-bond acceptors (Lipinski definition) is 4. The van der Waals surface area contributed by atoms with Crippen molar-refractivity contribution in [1.82, 2.24) is 4.90 Å². The molecule has 4 nitrogen and oxygen atoms in total. The first-order valence-corrected chi connectivity index (χ1v) is 6.30. The Labute approximate surface area is 103 Å². The van der Waals surface area contributed by atoms with Crippen molar-refractivity contribution in [2.75, 3.05) is 26.8 Å². The molecule has 2 heterocycles. The molecule has 4 heteroatoms. The molecular weight excluding hydrogens is 216 g/mol. The second kappa shape index (κ2) is 6.19. The van der Waals surface area contributed by atoms with Crippen LogP contribution in [0.5, 0.6) is 0 Å². The molecule has 0 spiro atoms. The van der Waals surface area contributed by atoms with Gasteiger partial charge in [-0.25, -0.2) is 0 Å². The van der Waals surface area contributed by atoms with Crippen molar-refractivity contribution in [2.45, 2.75) is 25.9 Å². The highest BCUT2D eigenvalue weighted by atomic mass is 16.5. The fraction of sp³-hybridized carbons (Fsp3) is 0.692. The maximum Gasteiger partial charge on any atom is 0.121 e. The first-order chi connectivity index (χ1) is 8.33. The van der Waals surface area contributed by atoms with Crippen LogP contribution in [-0.2, 0) is 17.8 Å². The van der Waals surface area contributed by atoms with E-state index in [2.05, 4.69) is 4.90 Å². The maximum absolute atomic E-state index is 5.63. The minimum absolute atomic E-state index is 0.489. The van der Waals surface area contributed by atoms with Crippen LogP contribution in [-0.4, -0.2) is 31.7 Å². The molecule has 1 aromatic rings. The Morgan fingerprint density at radius 3 is 2.88 bits per heavy atom. The van der Waals surface area contributed by atoms with Crippen molar-refractivity contribution in [2.24, 2.45) is 11.7 Å². The van der Waals surface area contributed by atoms with Gasteiger partial charge in [-0.15, -0.1) is 0 Å². The van der Waals surface area contributed by atoms with Gasteiger partial charge in [-0.2, -0.15) is 0 Å². The van der Waals surface area contributed by atoms with E-state index >= 15 is 0 Å². The van der Waals surface area contributed by atoms with Crippen LogP contribution < -0.4 is 5.73 Å². The number of piperidine rings is 1. The third kappa shape index (κ3) is 3.31. The summed E-state index contributed by atoms with van der Waals surface area (Å²) in [6, 6.07) is 2.03. The summed E-state index contributed by atoms with van der Waals surface area (Å²) in [5.74, 6) is 1.65. The smallest absolute Gasteiger partial charge is 0.121 e. The lowest BCUT2D eigenvalue weighted by Crippen LogP contribution is -2.34. The second-order valence-electron chi connectivity index (χ2n) is 4.75. The van der Waals surface area contributed by atoms with Gasteiger partial charge in [0.2, 0.25) is 0 Å². The van der Waals surface area contributed by atoms with E-state index in [1.165, 1.54) is 18.4 Å². The van der Waals surface area contributed by atoms with Crippen molar-refractivity contribution >= 4 is 0 Å². The molecule has 1 saturated heterocycles. The molecule has 1 aliphatic heterocycles. The first-order valence-electron chi connectivity index (χ1n) is 6.30. The molecule has 96 valence electrons. The quantitative estimate of drug-likeness (QED) is 0.846. The van der Waals surface area contributed by atoms with Crippen LogP contribution in [0.1, 0.15) is 24.2 Å². The molecule has 0 unspecified atom stereocenters. The van der Waals surface area contributed by atoms with Crippen LogP contribution in [0.25, 0.3) is 0 Å². The SMILES string of the molecule is COCC1CCN(Cc2ccoc2CN)CC1. The van der Waals surface area contributed by atoms with E-state index in [1.54, 1.807) is 13.4 Å². The zero-order valence-corrected chi connectivity index (χ0v) is 10.5. The second-order valence-corrected chi connectivity index (χ2v) is 4.75. The van der Waals surface area contributed by atoms with Gasteiger partial charge in [0, 0.05) is 25.8 Å². The Hall–Kier alpha value is -0.840. The molecule has 0 atom stereocenters. The van der Waals surface area contributed by atoms with Crippen LogP contribution >= 0.6 is 0 Å². The Balaban J connectivity index is 1.82. The summed E-state index contributed by atoms with van der Waals surface area (Å²) in [6.45, 7) is 4.63. The number of likely N-dealkylation sites (tertiary alicyclic amines) is 1. The third-order valence-corrected chi connectivity index (χ3v) is 3.53. The Kier molecular flexibility index (Phi) is 4.59. The molecular formula is C13H22N2O2. The van der Waals surface area contributed by atoms with Gasteiger partial charge in [0.05, 0.1) is 12.8 Å². The Morgan fingerprint density at radius 2 is 2.24 bits per heavy atom. The van der Waals surface area contributed by atoms with Crippen LogP contribution in [0.3, 0.4) is 0 Å². The van der Waals surface area contributed by atoms with Crippen molar-refractivity contribution in [1.29, 1.82) is 0 Å². The summed E-state index contributed by atoms with van der Waals surface area (Å²) in [7, 11) is 1.78. The van der Waals surface area contributed by atoms with Gasteiger partial charge >= 0.3 is 0 Å². The molecule has 0 saturated carbocycles. The Morgan fingerprint density at radius 1 is 1.47 bits per heavy atom. The van der Waals surface area contributed by atoms with Crippen molar-refractivity contribution in [3.05, 3.63) is 23.7 Å². The van der Waals surface area contributed by atoms with Crippen LogP contribution in [0.15, 0.2) is 16.7 Å². The fourth-order valence-electron chi connectivity index (χ4n) is 2.47. The number of methoxy groups -OCH3 is 1. The van der Waals surface area contributed by atoms with Gasteiger partial charge in [-0.1, -0.05) is 0 Å². The molecule has 0 aromatic carbocycles. The summed E-state index contributed by atoms with van der Waals surface area (Å²) in [5.41, 5.74) is 6.87. The molecule has 1 fully saturated rings. The van der Waals surface area contributed by atoms with Crippen molar-refractivity contribution < 1.29 is 9.15 Å². The zero-order chi connectivity index (χ0) is 12.1. The van der Waals surface area contributed by atoms with Crippen LogP contribution in [0, 0.1) is 5.92 Å². The van der Waals surface area contributed by atoms with Gasteiger partial charge in [0.15, 0.2) is 0 Å². The average Bonchev–Trinajstić information content (AvgIpc) is 2.79. The van der Waals surface area contributed by atoms with Crippen molar-refractivity contribution in [3.63, 3.8) is 0 Å². The molecule has 2 rings (SSSR count). The summed E-state index contributed by atoms with van der Waals surface area (Å²) in [4.78, 5) is 2.47. The molecule has 0 bridgehead atoms. The monoisotopic (exact) mass is 238 g/mol. The van der Waals surface area contributed by atoms with E-state index in [4.69, 9.17) is 14.9 Å². The van der Waals surface area contributed by atoms with E-state index in [0.717, 1.165) is 37.9 Å². The molecule has 0 radical (unpaired) electrons. The van der Waals surface area contributed by atoms with Crippen LogP contribution in [0.4, 0.5) is 0 Å². The topological polar surface area (TPSA) is 51.6 Å².